The lowest BCUT2D eigenvalue weighted by Crippen LogP contribution is -2.62. The van der Waals surface area contributed by atoms with Gasteiger partial charge in [-0.3, -0.25) is 4.79 Å². The summed E-state index contributed by atoms with van der Waals surface area (Å²) in [6.45, 7) is 6.55. The molecule has 2 heterocycles. The predicted octanol–water partition coefficient (Wildman–Crippen LogP) is 6.97. The third-order valence-electron chi connectivity index (χ3n) is 12.3. The number of para-hydroxylation sites is 2. The summed E-state index contributed by atoms with van der Waals surface area (Å²) in [7, 11) is 0. The van der Waals surface area contributed by atoms with Gasteiger partial charge in [0, 0.05) is 10.8 Å². The van der Waals surface area contributed by atoms with E-state index >= 15 is 0 Å². The Morgan fingerprint density at radius 3 is 2.71 bits per heavy atom. The van der Waals surface area contributed by atoms with Crippen molar-refractivity contribution in [3.05, 3.63) is 89.3 Å². The molecule has 6 nitrogen and oxygen atoms in total. The third-order valence-corrected chi connectivity index (χ3v) is 13.2. The van der Waals surface area contributed by atoms with E-state index in [-0.39, 0.29) is 34.7 Å². The number of allylic oxidation sites excluding steroid dienone is 1. The first kappa shape index (κ1) is 29.2. The van der Waals surface area contributed by atoms with Gasteiger partial charge in [-0.15, -0.1) is 0 Å². The lowest BCUT2D eigenvalue weighted by Gasteiger charge is -2.60. The molecule has 7 heteroatoms. The number of ketones is 1. The quantitative estimate of drug-likeness (QED) is 0.235. The minimum absolute atomic E-state index is 0.0826. The number of hydrogen-bond acceptors (Lipinski definition) is 6. The molecule has 2 aromatic carbocycles. The molecule has 4 aromatic rings. The molecule has 0 radical (unpaired) electrons. The van der Waals surface area contributed by atoms with Gasteiger partial charge in [-0.05, 0) is 104 Å². The van der Waals surface area contributed by atoms with Crippen LogP contribution in [0.4, 0.5) is 0 Å². The van der Waals surface area contributed by atoms with E-state index in [0.717, 1.165) is 53.0 Å². The van der Waals surface area contributed by atoms with Crippen molar-refractivity contribution < 1.29 is 15.0 Å². The normalized spacial score (nSPS) is 33.6. The number of nitrogens with zero attached hydrogens (tertiary/aromatic N) is 3. The number of carbonyl (C=O) groups is 1. The zero-order chi connectivity index (χ0) is 31.1. The van der Waals surface area contributed by atoms with Crippen molar-refractivity contribution in [2.45, 2.75) is 76.0 Å². The number of thioether (sulfide) groups is 1. The van der Waals surface area contributed by atoms with Crippen LogP contribution in [0.5, 0.6) is 0 Å². The summed E-state index contributed by atoms with van der Waals surface area (Å²) in [6, 6.07) is 20.3. The van der Waals surface area contributed by atoms with Crippen LogP contribution in [0.15, 0.2) is 77.5 Å². The molecular weight excluding hydrogens is 579 g/mol. The first-order chi connectivity index (χ1) is 21.6. The number of benzene rings is 2. The van der Waals surface area contributed by atoms with E-state index in [1.54, 1.807) is 0 Å². The second kappa shape index (κ2) is 10.4. The van der Waals surface area contributed by atoms with E-state index in [2.05, 4.69) is 55.8 Å². The standard InChI is InChI=1S/C38H41N3O3S/c1-23-8-4-7-11-30(23)41-31-18-26-13-14-27-28-16-17-38(44,33(43)22-45-34-15-12-24-9-5-6-10-29(24)40-34)37(28,3)20-32(42)35(27)36(26,2)19-25(31)21-39-41/h4-12,15,18,21,27-28,32,35,42,44H,13-14,16-17,19-20,22H2,1-3H3/t27?,28?,32?,35?,36?,37?,38-/m0/s1. The van der Waals surface area contributed by atoms with E-state index in [4.69, 9.17) is 10.1 Å². The SMILES string of the molecule is Cc1ccccc1-n1ncc2c1C=C1CCC3C(C(O)CC4(C)C3CC[C@]4(O)C(=O)CSc3ccc4ccccc4n3)C1(C)C2. The maximum atomic E-state index is 13.9. The molecule has 0 saturated heterocycles. The zero-order valence-corrected chi connectivity index (χ0v) is 27.1. The fraction of sp³-hybridized carbons (Fsp3) is 0.447. The molecule has 0 spiro atoms. The average Bonchev–Trinajstić information content (AvgIpc) is 3.55. The van der Waals surface area contributed by atoms with Crippen molar-refractivity contribution in [3.8, 4) is 5.69 Å². The Hall–Kier alpha value is -3.26. The van der Waals surface area contributed by atoms with Crippen molar-refractivity contribution in [3.63, 3.8) is 0 Å². The molecule has 3 saturated carbocycles. The fourth-order valence-electron chi connectivity index (χ4n) is 10.0. The van der Waals surface area contributed by atoms with Crippen LogP contribution in [0.25, 0.3) is 22.7 Å². The summed E-state index contributed by atoms with van der Waals surface area (Å²) in [4.78, 5) is 18.6. The Morgan fingerprint density at radius 2 is 1.87 bits per heavy atom. The highest BCUT2D eigenvalue weighted by Gasteiger charge is 2.68. The Balaban J connectivity index is 1.05. The number of pyridine rings is 1. The highest BCUT2D eigenvalue weighted by molar-refractivity contribution is 7.99. The Bertz CT molecular complexity index is 1870. The fourth-order valence-corrected chi connectivity index (χ4v) is 10.9. The van der Waals surface area contributed by atoms with Crippen molar-refractivity contribution in [1.82, 2.24) is 14.8 Å². The highest BCUT2D eigenvalue weighted by Crippen LogP contribution is 2.67. The highest BCUT2D eigenvalue weighted by atomic mass is 32.2. The summed E-state index contributed by atoms with van der Waals surface area (Å²) in [6.07, 6.45) is 8.27. The number of aliphatic hydroxyl groups is 2. The van der Waals surface area contributed by atoms with E-state index in [9.17, 15) is 15.0 Å². The molecule has 45 heavy (non-hydrogen) atoms. The number of hydrogen-bond donors (Lipinski definition) is 2. The second-order valence-corrected chi connectivity index (χ2v) is 15.5. The molecule has 4 aliphatic rings. The van der Waals surface area contributed by atoms with E-state index < -0.39 is 17.1 Å². The Morgan fingerprint density at radius 1 is 1.07 bits per heavy atom. The lowest BCUT2D eigenvalue weighted by molar-refractivity contribution is -0.177. The van der Waals surface area contributed by atoms with Crippen LogP contribution in [0.3, 0.4) is 0 Å². The maximum absolute atomic E-state index is 13.9. The number of fused-ring (bicyclic) bond motifs is 7. The Kier molecular flexibility index (Phi) is 6.73. The van der Waals surface area contributed by atoms with Crippen LogP contribution in [0, 0.1) is 35.5 Å². The molecule has 3 fully saturated rings. The monoisotopic (exact) mass is 619 g/mol. The predicted molar refractivity (Wildman–Crippen MR) is 178 cm³/mol. The van der Waals surface area contributed by atoms with Crippen molar-refractivity contribution in [2.24, 2.45) is 28.6 Å². The molecule has 4 aliphatic carbocycles. The first-order valence-electron chi connectivity index (χ1n) is 16.4. The summed E-state index contributed by atoms with van der Waals surface area (Å²) in [5.41, 5.74) is 4.69. The second-order valence-electron chi connectivity index (χ2n) is 14.5. The Labute approximate surface area is 269 Å². The molecule has 2 aromatic heterocycles. The number of aliphatic hydroxyl groups excluding tert-OH is 1. The van der Waals surface area contributed by atoms with Gasteiger partial charge in [0.1, 0.15) is 5.60 Å². The summed E-state index contributed by atoms with van der Waals surface area (Å²) >= 11 is 1.40. The van der Waals surface area contributed by atoms with Crippen LogP contribution in [0.2, 0.25) is 0 Å². The summed E-state index contributed by atoms with van der Waals surface area (Å²) in [5.74, 6) is 0.571. The molecule has 8 rings (SSSR count). The van der Waals surface area contributed by atoms with Gasteiger partial charge in [-0.25, -0.2) is 9.67 Å². The van der Waals surface area contributed by atoms with Crippen LogP contribution < -0.4 is 0 Å². The molecule has 0 bridgehead atoms. The van der Waals surface area contributed by atoms with Gasteiger partial charge < -0.3 is 10.2 Å². The van der Waals surface area contributed by atoms with Gasteiger partial charge in [-0.2, -0.15) is 5.10 Å². The van der Waals surface area contributed by atoms with E-state index in [1.165, 1.54) is 28.5 Å². The topological polar surface area (TPSA) is 88.2 Å². The minimum Gasteiger partial charge on any atom is -0.393 e. The number of aromatic nitrogens is 3. The molecule has 2 N–H and O–H groups in total. The number of carbonyl (C=O) groups excluding carboxylic acids is 1. The molecule has 0 amide bonds. The zero-order valence-electron chi connectivity index (χ0n) is 26.2. The van der Waals surface area contributed by atoms with Gasteiger partial charge in [0.2, 0.25) is 0 Å². The van der Waals surface area contributed by atoms with Gasteiger partial charge in [0.15, 0.2) is 5.78 Å². The molecular formula is C38H41N3O3S. The van der Waals surface area contributed by atoms with Gasteiger partial charge >= 0.3 is 0 Å². The van der Waals surface area contributed by atoms with Crippen LogP contribution in [-0.2, 0) is 11.2 Å². The van der Waals surface area contributed by atoms with Crippen molar-refractivity contribution in [1.29, 1.82) is 0 Å². The van der Waals surface area contributed by atoms with Gasteiger partial charge in [0.25, 0.3) is 0 Å². The number of aryl methyl sites for hydroxylation is 1. The summed E-state index contributed by atoms with van der Waals surface area (Å²) < 4.78 is 2.08. The molecule has 0 aliphatic heterocycles. The van der Waals surface area contributed by atoms with Crippen molar-refractivity contribution >= 4 is 34.5 Å². The number of rotatable bonds is 5. The van der Waals surface area contributed by atoms with Gasteiger partial charge in [-0.1, -0.05) is 73.6 Å². The molecule has 6 unspecified atom stereocenters. The van der Waals surface area contributed by atoms with Crippen LogP contribution >= 0.6 is 11.8 Å². The van der Waals surface area contributed by atoms with E-state index in [1.807, 2.05) is 42.6 Å². The first-order valence-corrected chi connectivity index (χ1v) is 17.4. The average molecular weight is 620 g/mol. The van der Waals surface area contributed by atoms with Gasteiger partial charge in [0.05, 0.1) is 40.0 Å². The third kappa shape index (κ3) is 4.26. The molecule has 232 valence electrons. The van der Waals surface area contributed by atoms with Crippen molar-refractivity contribution in [2.75, 3.05) is 5.75 Å². The summed E-state index contributed by atoms with van der Waals surface area (Å²) in [5, 5.41) is 30.9. The smallest absolute Gasteiger partial charge is 0.175 e. The number of Topliss-reactive ketones (excluding diaryl/α,β-unsaturated/α-hetero) is 1. The van der Waals surface area contributed by atoms with Crippen LogP contribution in [-0.4, -0.2) is 48.2 Å². The maximum Gasteiger partial charge on any atom is 0.175 e. The van der Waals surface area contributed by atoms with E-state index in [0.29, 0.717) is 12.8 Å². The minimum atomic E-state index is -1.45. The van der Waals surface area contributed by atoms with Crippen LogP contribution in [0.1, 0.15) is 62.8 Å². The lowest BCUT2D eigenvalue weighted by atomic mass is 9.45. The largest absolute Gasteiger partial charge is 0.393 e. The molecule has 7 atom stereocenters.